The molecule has 1 aromatic carbocycles. The van der Waals surface area contributed by atoms with Crippen LogP contribution in [0.1, 0.15) is 31.2 Å². The molecule has 0 spiro atoms. The fraction of sp³-hybridized carbons (Fsp3) is 0.250. The van der Waals surface area contributed by atoms with Crippen molar-refractivity contribution in [3.05, 3.63) is 96.2 Å². The molecule has 0 aromatic heterocycles. The van der Waals surface area contributed by atoms with Gasteiger partial charge in [0.25, 0.3) is 0 Å². The van der Waals surface area contributed by atoms with E-state index in [4.69, 9.17) is 0 Å². The molecule has 2 atom stereocenters. The zero-order valence-corrected chi connectivity index (χ0v) is 14.6. The number of benzene rings is 1. The van der Waals surface area contributed by atoms with Crippen LogP contribution in [0.2, 0.25) is 0 Å². The van der Waals surface area contributed by atoms with E-state index in [1.54, 1.807) is 0 Å². The number of nitrogens with one attached hydrogen (secondary N) is 1. The lowest BCUT2D eigenvalue weighted by atomic mass is 9.88. The first kappa shape index (κ1) is 16.0. The molecule has 0 fully saturated rings. The highest BCUT2D eigenvalue weighted by atomic mass is 14.9. The topological polar surface area (TPSA) is 12.0 Å². The minimum absolute atomic E-state index is 0.384. The largest absolute Gasteiger partial charge is 0.379 e. The lowest BCUT2D eigenvalue weighted by Gasteiger charge is -2.22. The first-order chi connectivity index (χ1) is 12.4. The van der Waals surface area contributed by atoms with Crippen LogP contribution in [0.3, 0.4) is 0 Å². The molecule has 1 nitrogen and oxygen atoms in total. The molecule has 0 bridgehead atoms. The fourth-order valence-corrected chi connectivity index (χ4v) is 3.68. The highest BCUT2D eigenvalue weighted by Crippen LogP contribution is 2.27. The Morgan fingerprint density at radius 1 is 0.880 bits per heavy atom. The maximum Gasteiger partial charge on any atom is 0.0482 e. The molecule has 25 heavy (non-hydrogen) atoms. The lowest BCUT2D eigenvalue weighted by molar-refractivity contribution is 0.757. The Labute approximate surface area is 150 Å². The quantitative estimate of drug-likeness (QED) is 0.692. The van der Waals surface area contributed by atoms with E-state index in [9.17, 15) is 0 Å². The summed E-state index contributed by atoms with van der Waals surface area (Å²) in [6.07, 6.45) is 26.9. The van der Waals surface area contributed by atoms with Gasteiger partial charge in [-0.15, -0.1) is 0 Å². The second kappa shape index (κ2) is 7.57. The molecule has 0 radical (unpaired) electrons. The highest BCUT2D eigenvalue weighted by Gasteiger charge is 2.14. The zero-order chi connectivity index (χ0) is 16.9. The van der Waals surface area contributed by atoms with Crippen molar-refractivity contribution >= 4 is 11.3 Å². The van der Waals surface area contributed by atoms with Crippen molar-refractivity contribution in [2.24, 2.45) is 5.92 Å². The van der Waals surface area contributed by atoms with Gasteiger partial charge in [-0.3, -0.25) is 0 Å². The summed E-state index contributed by atoms with van der Waals surface area (Å²) in [5, 5.41) is 3.64. The summed E-state index contributed by atoms with van der Waals surface area (Å²) < 4.78 is 0. The maximum atomic E-state index is 3.64. The highest BCUT2D eigenvalue weighted by molar-refractivity contribution is 5.69. The van der Waals surface area contributed by atoms with E-state index in [0.717, 1.165) is 25.7 Å². The number of allylic oxidation sites excluding steroid dienone is 10. The van der Waals surface area contributed by atoms with Gasteiger partial charge < -0.3 is 5.32 Å². The Morgan fingerprint density at radius 3 is 2.48 bits per heavy atom. The van der Waals surface area contributed by atoms with Crippen molar-refractivity contribution in [2.75, 3.05) is 5.32 Å². The van der Waals surface area contributed by atoms with E-state index in [0.29, 0.717) is 12.0 Å². The van der Waals surface area contributed by atoms with Gasteiger partial charge in [-0.05, 0) is 54.5 Å². The minimum atomic E-state index is 0.384. The molecule has 4 rings (SSSR count). The molecular weight excluding hydrogens is 302 g/mol. The van der Waals surface area contributed by atoms with E-state index in [-0.39, 0.29) is 0 Å². The van der Waals surface area contributed by atoms with E-state index in [1.165, 1.54) is 22.4 Å². The van der Waals surface area contributed by atoms with E-state index in [2.05, 4.69) is 90.3 Å². The summed E-state index contributed by atoms with van der Waals surface area (Å²) in [5.41, 5.74) is 5.43. The van der Waals surface area contributed by atoms with E-state index < -0.39 is 0 Å². The number of hydrogen-bond donors (Lipinski definition) is 1. The van der Waals surface area contributed by atoms with Crippen LogP contribution in [-0.4, -0.2) is 6.04 Å². The smallest absolute Gasteiger partial charge is 0.0482 e. The van der Waals surface area contributed by atoms with Crippen molar-refractivity contribution < 1.29 is 0 Å². The molecule has 1 N–H and O–H groups in total. The molecule has 0 saturated carbocycles. The molecule has 3 aliphatic rings. The Hall–Kier alpha value is -2.54. The summed E-state index contributed by atoms with van der Waals surface area (Å²) in [7, 11) is 0. The predicted octanol–water partition coefficient (Wildman–Crippen LogP) is 6.22. The SMILES string of the molecule is C1=CCCC(c2ccc(NC3C=CC(C4C=CC=CC4)=CC3)cc2)=C1. The molecule has 0 saturated heterocycles. The first-order valence-corrected chi connectivity index (χ1v) is 9.33. The van der Waals surface area contributed by atoms with Gasteiger partial charge in [0.1, 0.15) is 0 Å². The van der Waals surface area contributed by atoms with Crippen molar-refractivity contribution in [3.63, 3.8) is 0 Å². The van der Waals surface area contributed by atoms with Gasteiger partial charge in [-0.25, -0.2) is 0 Å². The Balaban J connectivity index is 1.35. The van der Waals surface area contributed by atoms with Gasteiger partial charge >= 0.3 is 0 Å². The van der Waals surface area contributed by atoms with Gasteiger partial charge in [-0.1, -0.05) is 72.9 Å². The third kappa shape index (κ3) is 3.93. The van der Waals surface area contributed by atoms with Gasteiger partial charge in [0.15, 0.2) is 0 Å². The van der Waals surface area contributed by atoms with Gasteiger partial charge in [0, 0.05) is 17.6 Å². The maximum absolute atomic E-state index is 3.64. The predicted molar refractivity (Wildman–Crippen MR) is 108 cm³/mol. The second-order valence-corrected chi connectivity index (χ2v) is 6.94. The Bertz CT molecular complexity index is 784. The third-order valence-electron chi connectivity index (χ3n) is 5.16. The zero-order valence-electron chi connectivity index (χ0n) is 14.6. The molecule has 0 aliphatic heterocycles. The van der Waals surface area contributed by atoms with Gasteiger partial charge in [0.2, 0.25) is 0 Å². The molecule has 1 aromatic rings. The van der Waals surface area contributed by atoms with Crippen LogP contribution in [-0.2, 0) is 0 Å². The number of anilines is 1. The van der Waals surface area contributed by atoms with Crippen LogP contribution < -0.4 is 5.32 Å². The fourth-order valence-electron chi connectivity index (χ4n) is 3.68. The Morgan fingerprint density at radius 2 is 1.80 bits per heavy atom. The lowest BCUT2D eigenvalue weighted by Crippen LogP contribution is -2.19. The molecule has 3 aliphatic carbocycles. The molecular formula is C24H25N. The van der Waals surface area contributed by atoms with Gasteiger partial charge in [-0.2, -0.15) is 0 Å². The number of rotatable bonds is 4. The van der Waals surface area contributed by atoms with Gasteiger partial charge in [0.05, 0.1) is 0 Å². The van der Waals surface area contributed by atoms with Crippen LogP contribution in [0.4, 0.5) is 5.69 Å². The van der Waals surface area contributed by atoms with Crippen molar-refractivity contribution in [2.45, 2.75) is 31.7 Å². The first-order valence-electron chi connectivity index (χ1n) is 9.33. The Kier molecular flexibility index (Phi) is 4.83. The summed E-state index contributed by atoms with van der Waals surface area (Å²) in [4.78, 5) is 0. The van der Waals surface area contributed by atoms with Crippen LogP contribution in [0, 0.1) is 5.92 Å². The monoisotopic (exact) mass is 327 g/mol. The normalized spacial score (nSPS) is 24.8. The van der Waals surface area contributed by atoms with Crippen molar-refractivity contribution in [1.82, 2.24) is 0 Å². The minimum Gasteiger partial charge on any atom is -0.379 e. The summed E-state index contributed by atoms with van der Waals surface area (Å²) in [5.74, 6) is 0.555. The molecule has 0 amide bonds. The van der Waals surface area contributed by atoms with Crippen LogP contribution >= 0.6 is 0 Å². The molecule has 126 valence electrons. The standard InChI is InChI=1S/C24H25N/c1-3-7-19(8-4-1)21-11-15-23(16-12-21)25-24-17-13-22(14-18-24)20-9-5-2-6-10-20/h1-5,7,9,11-15,17-19,23,25H,6,8,10,16H2. The average Bonchev–Trinajstić information content (AvgIpc) is 2.71. The summed E-state index contributed by atoms with van der Waals surface area (Å²) >= 11 is 0. The second-order valence-electron chi connectivity index (χ2n) is 6.94. The van der Waals surface area contributed by atoms with Crippen LogP contribution in [0.25, 0.3) is 5.57 Å². The summed E-state index contributed by atoms with van der Waals surface area (Å²) in [6, 6.07) is 9.27. The molecule has 0 heterocycles. The van der Waals surface area contributed by atoms with Crippen LogP contribution in [0.15, 0.2) is 90.6 Å². The average molecular weight is 327 g/mol. The third-order valence-corrected chi connectivity index (χ3v) is 5.16. The van der Waals surface area contributed by atoms with E-state index >= 15 is 0 Å². The van der Waals surface area contributed by atoms with E-state index in [1.807, 2.05) is 0 Å². The molecule has 1 heteroatoms. The summed E-state index contributed by atoms with van der Waals surface area (Å²) in [6.45, 7) is 0. The molecule has 2 unspecified atom stereocenters. The number of hydrogen-bond acceptors (Lipinski definition) is 1. The van der Waals surface area contributed by atoms with Crippen molar-refractivity contribution in [3.8, 4) is 0 Å². The van der Waals surface area contributed by atoms with Crippen molar-refractivity contribution in [1.29, 1.82) is 0 Å². The van der Waals surface area contributed by atoms with Crippen LogP contribution in [0.5, 0.6) is 0 Å².